The molecule has 0 aliphatic carbocycles. The zero-order chi connectivity index (χ0) is 16.8. The molecule has 2 aromatic rings. The van der Waals surface area contributed by atoms with Crippen LogP contribution >= 0.6 is 11.8 Å². The Morgan fingerprint density at radius 1 is 1.30 bits per heavy atom. The average molecular weight is 331 g/mol. The normalized spacial score (nSPS) is 10.8. The van der Waals surface area contributed by atoms with Crippen molar-refractivity contribution in [2.24, 2.45) is 5.92 Å². The first-order valence-electron chi connectivity index (χ1n) is 7.49. The summed E-state index contributed by atoms with van der Waals surface area (Å²) in [5.41, 5.74) is 1.40. The van der Waals surface area contributed by atoms with Crippen LogP contribution in [-0.2, 0) is 13.0 Å². The van der Waals surface area contributed by atoms with Crippen molar-refractivity contribution in [2.75, 3.05) is 6.26 Å². The molecule has 2 rings (SSSR count). The lowest BCUT2D eigenvalue weighted by atomic mass is 10.1. The first-order chi connectivity index (χ1) is 11.0. The summed E-state index contributed by atoms with van der Waals surface area (Å²) in [6.07, 6.45) is 2.72. The topological polar surface area (TPSA) is 74.8 Å². The van der Waals surface area contributed by atoms with Gasteiger partial charge in [-0.2, -0.15) is 4.98 Å². The Labute approximate surface area is 139 Å². The molecule has 1 amide bonds. The maximum atomic E-state index is 12.2. The highest BCUT2D eigenvalue weighted by Gasteiger charge is 2.10. The molecule has 122 valence electrons. The van der Waals surface area contributed by atoms with Crippen LogP contribution in [0.1, 0.15) is 35.6 Å². The molecule has 0 bridgehead atoms. The van der Waals surface area contributed by atoms with E-state index in [1.807, 2.05) is 30.5 Å². The van der Waals surface area contributed by atoms with E-state index in [9.17, 15) is 9.59 Å². The van der Waals surface area contributed by atoms with Crippen LogP contribution in [0.2, 0.25) is 0 Å². The smallest absolute Gasteiger partial charge is 0.345 e. The number of nitrogens with zero attached hydrogens (tertiary/aromatic N) is 1. The van der Waals surface area contributed by atoms with Gasteiger partial charge < -0.3 is 10.3 Å². The summed E-state index contributed by atoms with van der Waals surface area (Å²) in [6.45, 7) is 4.51. The Morgan fingerprint density at radius 2 is 2.00 bits per heavy atom. The van der Waals surface area contributed by atoms with E-state index >= 15 is 0 Å². The first-order valence-corrected chi connectivity index (χ1v) is 8.71. The summed E-state index contributed by atoms with van der Waals surface area (Å²) in [6, 6.07) is 9.62. The van der Waals surface area contributed by atoms with Gasteiger partial charge in [-0.15, -0.1) is 11.8 Å². The van der Waals surface area contributed by atoms with Crippen molar-refractivity contribution in [1.82, 2.24) is 15.3 Å². The predicted molar refractivity (Wildman–Crippen MR) is 92.8 cm³/mol. The molecule has 0 aliphatic heterocycles. The van der Waals surface area contributed by atoms with Gasteiger partial charge in [0.25, 0.3) is 5.91 Å². The molecule has 0 fully saturated rings. The number of carbonyl (C=O) groups is 1. The number of amides is 1. The average Bonchev–Trinajstić information content (AvgIpc) is 2.51. The van der Waals surface area contributed by atoms with Gasteiger partial charge in [0.05, 0.1) is 0 Å². The number of benzene rings is 1. The highest BCUT2D eigenvalue weighted by atomic mass is 32.2. The maximum Gasteiger partial charge on any atom is 0.345 e. The fraction of sp³-hybridized carbons (Fsp3) is 0.353. The molecule has 0 radical (unpaired) electrons. The van der Waals surface area contributed by atoms with Crippen molar-refractivity contribution < 1.29 is 4.79 Å². The van der Waals surface area contributed by atoms with Crippen molar-refractivity contribution in [2.45, 2.75) is 31.7 Å². The van der Waals surface area contributed by atoms with E-state index in [2.05, 4.69) is 29.1 Å². The van der Waals surface area contributed by atoms with Gasteiger partial charge in [-0.1, -0.05) is 26.0 Å². The summed E-state index contributed by atoms with van der Waals surface area (Å²) in [7, 11) is 0. The van der Waals surface area contributed by atoms with Crippen LogP contribution in [0.4, 0.5) is 0 Å². The number of thioether (sulfide) groups is 1. The number of carbonyl (C=O) groups excluding carboxylic acids is 1. The summed E-state index contributed by atoms with van der Waals surface area (Å²) in [5, 5.41) is 2.80. The monoisotopic (exact) mass is 331 g/mol. The minimum absolute atomic E-state index is 0.158. The second kappa shape index (κ2) is 7.97. The Morgan fingerprint density at radius 3 is 2.61 bits per heavy atom. The van der Waals surface area contributed by atoms with Gasteiger partial charge in [-0.25, -0.2) is 4.79 Å². The Hall–Kier alpha value is -2.08. The minimum atomic E-state index is -0.488. The lowest BCUT2D eigenvalue weighted by Gasteiger charge is -2.08. The van der Waals surface area contributed by atoms with E-state index < -0.39 is 5.69 Å². The molecule has 1 heterocycles. The third-order valence-electron chi connectivity index (χ3n) is 3.27. The second-order valence-corrected chi connectivity index (χ2v) is 6.61. The predicted octanol–water partition coefficient (Wildman–Crippen LogP) is 2.62. The van der Waals surface area contributed by atoms with Crippen molar-refractivity contribution in [3.8, 4) is 0 Å². The van der Waals surface area contributed by atoms with E-state index in [4.69, 9.17) is 0 Å². The molecule has 6 heteroatoms. The molecule has 0 unspecified atom stereocenters. The molecule has 0 aliphatic rings. The molecule has 0 saturated carbocycles. The van der Waals surface area contributed by atoms with Gasteiger partial charge >= 0.3 is 5.69 Å². The van der Waals surface area contributed by atoms with Crippen LogP contribution in [0.3, 0.4) is 0 Å². The molecule has 1 aromatic heterocycles. The van der Waals surface area contributed by atoms with Gasteiger partial charge in [0, 0.05) is 17.1 Å². The fourth-order valence-electron chi connectivity index (χ4n) is 2.19. The van der Waals surface area contributed by atoms with E-state index in [1.54, 1.807) is 17.8 Å². The molecule has 1 aromatic carbocycles. The van der Waals surface area contributed by atoms with Gasteiger partial charge in [-0.05, 0) is 42.4 Å². The molecule has 5 nitrogen and oxygen atoms in total. The molecule has 2 N–H and O–H groups in total. The number of aromatic amines is 1. The zero-order valence-electron chi connectivity index (χ0n) is 13.6. The quantitative estimate of drug-likeness (QED) is 0.798. The highest BCUT2D eigenvalue weighted by Crippen LogP contribution is 2.14. The lowest BCUT2D eigenvalue weighted by molar-refractivity contribution is 0.0945. The first kappa shape index (κ1) is 17.3. The summed E-state index contributed by atoms with van der Waals surface area (Å²) < 4.78 is 0. The standard InChI is InChI=1S/C17H21N3O2S/c1-11(2)8-13-9-15(20-17(22)19-13)16(21)18-10-12-4-6-14(23-3)7-5-12/h4-7,9,11H,8,10H2,1-3H3,(H,18,21)(H,19,20,22). The Kier molecular flexibility index (Phi) is 5.98. The summed E-state index contributed by atoms with van der Waals surface area (Å²) >= 11 is 1.67. The lowest BCUT2D eigenvalue weighted by Crippen LogP contribution is -2.27. The van der Waals surface area contributed by atoms with Crippen molar-refractivity contribution in [3.05, 3.63) is 57.8 Å². The van der Waals surface area contributed by atoms with Crippen LogP contribution < -0.4 is 11.0 Å². The fourth-order valence-corrected chi connectivity index (χ4v) is 2.60. The number of H-pyrrole nitrogens is 1. The van der Waals surface area contributed by atoms with Crippen LogP contribution in [-0.4, -0.2) is 22.1 Å². The van der Waals surface area contributed by atoms with Crippen LogP contribution in [0.5, 0.6) is 0 Å². The van der Waals surface area contributed by atoms with E-state index in [-0.39, 0.29) is 11.6 Å². The minimum Gasteiger partial charge on any atom is -0.347 e. The Bertz CT molecular complexity index is 723. The third-order valence-corrected chi connectivity index (χ3v) is 4.02. The van der Waals surface area contributed by atoms with Gasteiger partial charge in [0.2, 0.25) is 0 Å². The molecular formula is C17H21N3O2S. The molecule has 0 saturated heterocycles. The van der Waals surface area contributed by atoms with Crippen molar-refractivity contribution in [1.29, 1.82) is 0 Å². The van der Waals surface area contributed by atoms with Gasteiger partial charge in [0.15, 0.2) is 0 Å². The molecule has 0 spiro atoms. The van der Waals surface area contributed by atoms with Crippen LogP contribution in [0.25, 0.3) is 0 Å². The zero-order valence-corrected chi connectivity index (χ0v) is 14.4. The maximum absolute atomic E-state index is 12.2. The third kappa shape index (κ3) is 5.25. The van der Waals surface area contributed by atoms with Crippen LogP contribution in [0, 0.1) is 5.92 Å². The highest BCUT2D eigenvalue weighted by molar-refractivity contribution is 7.98. The second-order valence-electron chi connectivity index (χ2n) is 5.73. The number of hydrogen-bond donors (Lipinski definition) is 2. The number of aromatic nitrogens is 2. The van der Waals surface area contributed by atoms with Gasteiger partial charge in [-0.3, -0.25) is 4.79 Å². The van der Waals surface area contributed by atoms with E-state index in [0.29, 0.717) is 18.9 Å². The summed E-state index contributed by atoms with van der Waals surface area (Å²) in [4.78, 5) is 31.4. The molecule has 0 atom stereocenters. The van der Waals surface area contributed by atoms with Crippen molar-refractivity contribution in [3.63, 3.8) is 0 Å². The SMILES string of the molecule is CSc1ccc(CNC(=O)c2cc(CC(C)C)[nH]c(=O)n2)cc1. The van der Waals surface area contributed by atoms with E-state index in [1.165, 1.54) is 4.90 Å². The summed E-state index contributed by atoms with van der Waals surface area (Å²) in [5.74, 6) is 0.0500. The number of rotatable bonds is 6. The molecule has 23 heavy (non-hydrogen) atoms. The van der Waals surface area contributed by atoms with E-state index in [0.717, 1.165) is 11.3 Å². The number of hydrogen-bond acceptors (Lipinski definition) is 4. The number of nitrogens with one attached hydrogen (secondary N) is 2. The van der Waals surface area contributed by atoms with Crippen LogP contribution in [0.15, 0.2) is 40.0 Å². The van der Waals surface area contributed by atoms with Gasteiger partial charge in [0.1, 0.15) is 5.69 Å². The van der Waals surface area contributed by atoms with Crippen molar-refractivity contribution >= 4 is 17.7 Å². The Balaban J connectivity index is 2.04. The largest absolute Gasteiger partial charge is 0.347 e. The molecular weight excluding hydrogens is 310 g/mol.